The van der Waals surface area contributed by atoms with E-state index in [9.17, 15) is 9.59 Å². The maximum atomic E-state index is 13.0. The van der Waals surface area contributed by atoms with Crippen LogP contribution in [0.2, 0.25) is 0 Å². The highest BCUT2D eigenvalue weighted by atomic mass is 32.1. The lowest BCUT2D eigenvalue weighted by Crippen LogP contribution is -2.53. The largest absolute Gasteiger partial charge is 0.364 e. The van der Waals surface area contributed by atoms with Gasteiger partial charge in [-0.1, -0.05) is 26.0 Å². The van der Waals surface area contributed by atoms with Crippen LogP contribution in [0.1, 0.15) is 24.2 Å². The van der Waals surface area contributed by atoms with Gasteiger partial charge in [-0.3, -0.25) is 14.6 Å². The minimum absolute atomic E-state index is 0.0484. The molecule has 1 aliphatic heterocycles. The minimum Gasteiger partial charge on any atom is -0.364 e. The highest BCUT2D eigenvalue weighted by Crippen LogP contribution is 2.28. The molecule has 1 aromatic carbocycles. The molecule has 0 saturated heterocycles. The molecule has 3 aromatic rings. The van der Waals surface area contributed by atoms with Crippen LogP contribution in [0.4, 0.5) is 10.8 Å². The predicted molar refractivity (Wildman–Crippen MR) is 114 cm³/mol. The quantitative estimate of drug-likeness (QED) is 0.673. The number of fused-ring (bicyclic) bond motifs is 1. The third kappa shape index (κ3) is 3.97. The molecule has 0 fully saturated rings. The van der Waals surface area contributed by atoms with Gasteiger partial charge in [0.05, 0.1) is 11.3 Å². The molecule has 0 radical (unpaired) electrons. The Kier molecular flexibility index (Phi) is 5.26. The Labute approximate surface area is 172 Å². The summed E-state index contributed by atoms with van der Waals surface area (Å²) in [5, 5.41) is 8.57. The van der Waals surface area contributed by atoms with Gasteiger partial charge >= 0.3 is 0 Å². The zero-order valence-corrected chi connectivity index (χ0v) is 16.9. The summed E-state index contributed by atoms with van der Waals surface area (Å²) in [6, 6.07) is 11.1. The van der Waals surface area contributed by atoms with Gasteiger partial charge in [-0.05, 0) is 30.2 Å². The van der Waals surface area contributed by atoms with E-state index in [0.717, 1.165) is 16.9 Å². The Morgan fingerprint density at radius 1 is 1.24 bits per heavy atom. The average molecular weight is 407 g/mol. The van der Waals surface area contributed by atoms with E-state index in [1.165, 1.54) is 11.3 Å². The van der Waals surface area contributed by atoms with Gasteiger partial charge in [0, 0.05) is 29.0 Å². The number of carbonyl (C=O) groups is 2. The number of thiazole rings is 1. The smallest absolute Gasteiger partial charge is 0.258 e. The van der Waals surface area contributed by atoms with Crippen molar-refractivity contribution < 1.29 is 9.59 Å². The molecular weight excluding hydrogens is 386 g/mol. The fraction of sp³-hybridized carbons (Fsp3) is 0.238. The van der Waals surface area contributed by atoms with Crippen molar-refractivity contribution in [1.82, 2.24) is 14.9 Å². The van der Waals surface area contributed by atoms with Crippen LogP contribution in [0.5, 0.6) is 0 Å². The summed E-state index contributed by atoms with van der Waals surface area (Å²) in [5.41, 5.74) is 3.09. The second-order valence-corrected chi connectivity index (χ2v) is 7.99. The highest BCUT2D eigenvalue weighted by molar-refractivity contribution is 7.14. The van der Waals surface area contributed by atoms with Crippen molar-refractivity contribution in [1.29, 1.82) is 0 Å². The Morgan fingerprint density at radius 2 is 2.00 bits per heavy atom. The van der Waals surface area contributed by atoms with Crippen LogP contribution >= 0.6 is 11.3 Å². The number of nitrogens with zero attached hydrogens (tertiary/aromatic N) is 3. The van der Waals surface area contributed by atoms with E-state index in [1.54, 1.807) is 23.4 Å². The average Bonchev–Trinajstić information content (AvgIpc) is 3.19. The molecule has 2 N–H and O–H groups in total. The molecule has 3 heterocycles. The van der Waals surface area contributed by atoms with E-state index in [-0.39, 0.29) is 30.4 Å². The van der Waals surface area contributed by atoms with Gasteiger partial charge in [0.2, 0.25) is 5.91 Å². The molecule has 0 aliphatic carbocycles. The van der Waals surface area contributed by atoms with Crippen LogP contribution in [0.25, 0.3) is 11.3 Å². The summed E-state index contributed by atoms with van der Waals surface area (Å²) >= 11 is 1.35. The molecule has 4 rings (SSSR count). The predicted octanol–water partition coefficient (Wildman–Crippen LogP) is 3.69. The zero-order chi connectivity index (χ0) is 20.4. The number of anilines is 2. The molecule has 0 spiro atoms. The molecule has 1 aliphatic rings. The van der Waals surface area contributed by atoms with Gasteiger partial charge in [0.1, 0.15) is 12.7 Å². The number of hydrogen-bond donors (Lipinski definition) is 2. The number of amides is 2. The molecule has 2 aromatic heterocycles. The Hall–Kier alpha value is -3.26. The van der Waals surface area contributed by atoms with E-state index < -0.39 is 0 Å². The van der Waals surface area contributed by atoms with Crippen molar-refractivity contribution in [2.24, 2.45) is 5.92 Å². The summed E-state index contributed by atoms with van der Waals surface area (Å²) in [7, 11) is 0. The number of para-hydroxylation sites is 1. The Balaban J connectivity index is 1.49. The lowest BCUT2D eigenvalue weighted by Gasteiger charge is -2.39. The van der Waals surface area contributed by atoms with E-state index in [1.807, 2.05) is 49.6 Å². The lowest BCUT2D eigenvalue weighted by atomic mass is 10.0. The van der Waals surface area contributed by atoms with Crippen molar-refractivity contribution in [2.45, 2.75) is 20.0 Å². The molecule has 29 heavy (non-hydrogen) atoms. The first-order valence-electron chi connectivity index (χ1n) is 9.35. The maximum Gasteiger partial charge on any atom is 0.258 e. The number of benzene rings is 1. The number of aromatic nitrogens is 2. The van der Waals surface area contributed by atoms with Crippen LogP contribution < -0.4 is 10.6 Å². The lowest BCUT2D eigenvalue weighted by molar-refractivity contribution is -0.117. The summed E-state index contributed by atoms with van der Waals surface area (Å²) < 4.78 is 0. The summed E-state index contributed by atoms with van der Waals surface area (Å²) in [5.74, 6) is -0.288. The molecule has 0 bridgehead atoms. The van der Waals surface area contributed by atoms with E-state index in [0.29, 0.717) is 10.7 Å². The second-order valence-electron chi connectivity index (χ2n) is 7.13. The van der Waals surface area contributed by atoms with Crippen molar-refractivity contribution in [3.05, 3.63) is 59.7 Å². The van der Waals surface area contributed by atoms with E-state index in [2.05, 4.69) is 20.6 Å². The number of nitrogens with one attached hydrogen (secondary N) is 2. The standard InChI is InChI=1S/C21H21N5O2S/c1-13(2)19-23-16-6-4-3-5-15(16)20(28)26(19)11-18(27)25-21-24-17(12-29-21)14-7-9-22-10-8-14/h3-10,12-13,19,23H,11H2,1-2H3,(H,24,25,27)/t19-/m1/s1. The molecule has 2 amide bonds. The van der Waals surface area contributed by atoms with Crippen LogP contribution in [-0.4, -0.2) is 39.4 Å². The molecule has 8 heteroatoms. The van der Waals surface area contributed by atoms with E-state index >= 15 is 0 Å². The zero-order valence-electron chi connectivity index (χ0n) is 16.1. The minimum atomic E-state index is -0.277. The first-order chi connectivity index (χ1) is 14.0. The molecule has 1 atom stereocenters. The van der Waals surface area contributed by atoms with Crippen LogP contribution in [0, 0.1) is 5.92 Å². The Morgan fingerprint density at radius 3 is 2.76 bits per heavy atom. The van der Waals surface area contributed by atoms with Crippen molar-refractivity contribution in [2.75, 3.05) is 17.2 Å². The molecule has 148 valence electrons. The van der Waals surface area contributed by atoms with Gasteiger partial charge in [-0.2, -0.15) is 0 Å². The van der Waals surface area contributed by atoms with Gasteiger partial charge < -0.3 is 15.5 Å². The molecule has 0 saturated carbocycles. The van der Waals surface area contributed by atoms with E-state index in [4.69, 9.17) is 0 Å². The number of pyridine rings is 1. The first kappa shape index (κ1) is 19.1. The summed E-state index contributed by atoms with van der Waals surface area (Å²) in [6.45, 7) is 3.99. The molecule has 0 unspecified atom stereocenters. The number of hydrogen-bond acceptors (Lipinski definition) is 6. The summed E-state index contributed by atoms with van der Waals surface area (Å²) in [6.07, 6.45) is 3.14. The normalized spacial score (nSPS) is 15.8. The van der Waals surface area contributed by atoms with Gasteiger partial charge in [0.15, 0.2) is 5.13 Å². The first-order valence-corrected chi connectivity index (χ1v) is 10.2. The van der Waals surface area contributed by atoms with Crippen molar-refractivity contribution in [3.63, 3.8) is 0 Å². The van der Waals surface area contributed by atoms with Crippen LogP contribution in [0.15, 0.2) is 54.2 Å². The van der Waals surface area contributed by atoms with Gasteiger partial charge in [-0.15, -0.1) is 11.3 Å². The second kappa shape index (κ2) is 8.00. The highest BCUT2D eigenvalue weighted by Gasteiger charge is 2.34. The number of rotatable bonds is 5. The van der Waals surface area contributed by atoms with Gasteiger partial charge in [0.25, 0.3) is 5.91 Å². The fourth-order valence-corrected chi connectivity index (χ4v) is 4.05. The number of carbonyl (C=O) groups excluding carboxylic acids is 2. The SMILES string of the molecule is CC(C)[C@@H]1Nc2ccccc2C(=O)N1CC(=O)Nc1nc(-c2ccncc2)cs1. The van der Waals surface area contributed by atoms with Crippen LogP contribution in [0.3, 0.4) is 0 Å². The monoisotopic (exact) mass is 407 g/mol. The van der Waals surface area contributed by atoms with Gasteiger partial charge in [-0.25, -0.2) is 4.98 Å². The maximum absolute atomic E-state index is 13.0. The third-order valence-corrected chi connectivity index (χ3v) is 5.49. The Bertz CT molecular complexity index is 1030. The van der Waals surface area contributed by atoms with Crippen LogP contribution in [-0.2, 0) is 4.79 Å². The molecule has 7 nitrogen and oxygen atoms in total. The topological polar surface area (TPSA) is 87.2 Å². The third-order valence-electron chi connectivity index (χ3n) is 4.73. The van der Waals surface area contributed by atoms with Crippen molar-refractivity contribution >= 4 is 34.0 Å². The fourth-order valence-electron chi connectivity index (χ4n) is 3.31. The summed E-state index contributed by atoms with van der Waals surface area (Å²) in [4.78, 5) is 35.7. The van der Waals surface area contributed by atoms with Crippen molar-refractivity contribution in [3.8, 4) is 11.3 Å². The molecular formula is C21H21N5O2S.